The van der Waals surface area contributed by atoms with Crippen LogP contribution in [0.15, 0.2) is 54.9 Å². The fraction of sp³-hybridized carbons (Fsp3) is 0.211. The third-order valence-corrected chi connectivity index (χ3v) is 4.75. The number of carbonyl (C=O) groups is 2. The van der Waals surface area contributed by atoms with E-state index in [9.17, 15) is 9.59 Å². The van der Waals surface area contributed by atoms with Gasteiger partial charge in [-0.3, -0.25) is 9.48 Å². The summed E-state index contributed by atoms with van der Waals surface area (Å²) in [4.78, 5) is 26.3. The predicted octanol–water partition coefficient (Wildman–Crippen LogP) is 2.89. The van der Waals surface area contributed by atoms with Crippen molar-refractivity contribution >= 4 is 29.0 Å². The molecule has 8 heteroatoms. The van der Waals surface area contributed by atoms with Crippen LogP contribution in [0, 0.1) is 6.92 Å². The number of aryl methyl sites for hydroxylation is 1. The summed E-state index contributed by atoms with van der Waals surface area (Å²) in [6.07, 6.45) is 3.36. The summed E-state index contributed by atoms with van der Waals surface area (Å²) in [5.41, 5.74) is 1.58. The third-order valence-electron chi connectivity index (χ3n) is 3.75. The van der Waals surface area contributed by atoms with Gasteiger partial charge < -0.3 is 16.0 Å². The maximum Gasteiger partial charge on any atom is 0.315 e. The molecule has 7 nitrogen and oxygen atoms in total. The number of nitrogens with zero attached hydrogens (tertiary/aromatic N) is 2. The second kappa shape index (κ2) is 9.00. The van der Waals surface area contributed by atoms with Crippen molar-refractivity contribution in [2.75, 3.05) is 5.32 Å². The number of anilines is 1. The van der Waals surface area contributed by atoms with Crippen LogP contribution in [-0.4, -0.2) is 21.7 Å². The first-order valence-electron chi connectivity index (χ1n) is 8.52. The van der Waals surface area contributed by atoms with Gasteiger partial charge in [0.05, 0.1) is 6.54 Å². The Balaban J connectivity index is 1.45. The monoisotopic (exact) mass is 383 g/mol. The van der Waals surface area contributed by atoms with Crippen molar-refractivity contribution in [1.82, 2.24) is 20.4 Å². The predicted molar refractivity (Wildman–Crippen MR) is 105 cm³/mol. The molecule has 0 fully saturated rings. The molecule has 0 aliphatic heterocycles. The normalized spacial score (nSPS) is 10.4. The zero-order valence-corrected chi connectivity index (χ0v) is 15.8. The highest BCUT2D eigenvalue weighted by Gasteiger charge is 2.06. The Hall–Kier alpha value is -3.13. The van der Waals surface area contributed by atoms with E-state index in [1.165, 1.54) is 4.88 Å². The largest absolute Gasteiger partial charge is 0.334 e. The average molecular weight is 383 g/mol. The minimum absolute atomic E-state index is 0.153. The van der Waals surface area contributed by atoms with Crippen LogP contribution in [0.3, 0.4) is 0 Å². The number of aromatic nitrogens is 2. The number of thiophene rings is 1. The van der Waals surface area contributed by atoms with Crippen LogP contribution in [-0.2, 0) is 24.4 Å². The van der Waals surface area contributed by atoms with Crippen LogP contribution in [0.5, 0.6) is 0 Å². The van der Waals surface area contributed by atoms with Crippen LogP contribution in [0.4, 0.5) is 10.5 Å². The number of hydrogen-bond acceptors (Lipinski definition) is 4. The molecule has 2 aromatic heterocycles. The van der Waals surface area contributed by atoms with Gasteiger partial charge in [0.25, 0.3) is 0 Å². The number of nitrogens with one attached hydrogen (secondary N) is 3. The van der Waals surface area contributed by atoms with Gasteiger partial charge in [-0.05, 0) is 42.8 Å². The van der Waals surface area contributed by atoms with Gasteiger partial charge in [-0.25, -0.2) is 4.79 Å². The van der Waals surface area contributed by atoms with Gasteiger partial charge in [-0.15, -0.1) is 11.3 Å². The summed E-state index contributed by atoms with van der Waals surface area (Å²) >= 11 is 1.66. The van der Waals surface area contributed by atoms with Gasteiger partial charge >= 0.3 is 6.03 Å². The fourth-order valence-corrected chi connectivity index (χ4v) is 3.32. The number of amides is 3. The van der Waals surface area contributed by atoms with Gasteiger partial charge in [0, 0.05) is 34.4 Å². The van der Waals surface area contributed by atoms with E-state index in [0.717, 1.165) is 10.4 Å². The summed E-state index contributed by atoms with van der Waals surface area (Å²) in [6, 6.07) is 13.0. The molecule has 0 radical (unpaired) electrons. The topological polar surface area (TPSA) is 88.0 Å². The standard InChI is InChI=1S/C19H21N5O2S/c1-14-6-7-17(27-14)12-21-19(26)20-11-15-4-2-5-16(10-15)23-18(25)13-24-9-3-8-22-24/h2-10H,11-13H2,1H3,(H,23,25)(H2,20,21,26). The molecule has 1 aromatic carbocycles. The van der Waals surface area contributed by atoms with Crippen LogP contribution in [0.2, 0.25) is 0 Å². The summed E-state index contributed by atoms with van der Waals surface area (Å²) in [7, 11) is 0. The zero-order chi connectivity index (χ0) is 19.1. The van der Waals surface area contributed by atoms with Gasteiger partial charge in [0.2, 0.25) is 5.91 Å². The molecule has 0 saturated carbocycles. The van der Waals surface area contributed by atoms with E-state index < -0.39 is 0 Å². The quantitative estimate of drug-likeness (QED) is 0.586. The molecular weight excluding hydrogens is 362 g/mol. The van der Waals surface area contributed by atoms with E-state index in [0.29, 0.717) is 18.8 Å². The Morgan fingerprint density at radius 1 is 1.11 bits per heavy atom. The Morgan fingerprint density at radius 3 is 2.70 bits per heavy atom. The van der Waals surface area contributed by atoms with E-state index in [4.69, 9.17) is 0 Å². The molecule has 140 valence electrons. The lowest BCUT2D eigenvalue weighted by molar-refractivity contribution is -0.116. The highest BCUT2D eigenvalue weighted by atomic mass is 32.1. The van der Waals surface area contributed by atoms with Crippen LogP contribution >= 0.6 is 11.3 Å². The van der Waals surface area contributed by atoms with Gasteiger partial charge in [-0.2, -0.15) is 5.10 Å². The lowest BCUT2D eigenvalue weighted by atomic mass is 10.2. The first-order valence-corrected chi connectivity index (χ1v) is 9.33. The van der Waals surface area contributed by atoms with E-state index in [2.05, 4.69) is 21.0 Å². The Kier molecular flexibility index (Phi) is 6.22. The maximum absolute atomic E-state index is 12.0. The fourth-order valence-electron chi connectivity index (χ4n) is 2.49. The molecule has 0 saturated heterocycles. The van der Waals surface area contributed by atoms with Crippen molar-refractivity contribution in [3.63, 3.8) is 0 Å². The molecule has 3 rings (SSSR count). The lowest BCUT2D eigenvalue weighted by Gasteiger charge is -2.09. The molecule has 2 heterocycles. The van der Waals surface area contributed by atoms with Crippen LogP contribution in [0.1, 0.15) is 15.3 Å². The zero-order valence-electron chi connectivity index (χ0n) is 14.9. The summed E-state index contributed by atoms with van der Waals surface area (Å²) in [5.74, 6) is -0.159. The SMILES string of the molecule is Cc1ccc(CNC(=O)NCc2cccc(NC(=O)Cn3cccn3)c2)s1. The number of urea groups is 1. The van der Waals surface area contributed by atoms with Gasteiger partial charge in [-0.1, -0.05) is 12.1 Å². The molecule has 27 heavy (non-hydrogen) atoms. The minimum Gasteiger partial charge on any atom is -0.334 e. The molecule has 0 aliphatic carbocycles. The second-order valence-corrected chi connectivity index (χ2v) is 7.37. The van der Waals surface area contributed by atoms with Crippen molar-refractivity contribution in [1.29, 1.82) is 0 Å². The number of rotatable bonds is 7. The summed E-state index contributed by atoms with van der Waals surface area (Å²) in [5, 5.41) is 12.5. The highest BCUT2D eigenvalue weighted by molar-refractivity contribution is 7.11. The van der Waals surface area contributed by atoms with Crippen molar-refractivity contribution in [3.05, 3.63) is 70.2 Å². The van der Waals surface area contributed by atoms with Crippen molar-refractivity contribution < 1.29 is 9.59 Å². The first kappa shape index (κ1) is 18.7. The van der Waals surface area contributed by atoms with E-state index in [1.54, 1.807) is 34.5 Å². The van der Waals surface area contributed by atoms with E-state index in [-0.39, 0.29) is 18.5 Å². The van der Waals surface area contributed by atoms with Crippen LogP contribution < -0.4 is 16.0 Å². The van der Waals surface area contributed by atoms with Crippen molar-refractivity contribution in [3.8, 4) is 0 Å². The van der Waals surface area contributed by atoms with Crippen molar-refractivity contribution in [2.24, 2.45) is 0 Å². The average Bonchev–Trinajstić information content (AvgIpc) is 3.30. The third kappa shape index (κ3) is 5.96. The molecular formula is C19H21N5O2S. The number of carbonyl (C=O) groups excluding carboxylic acids is 2. The number of hydrogen-bond donors (Lipinski definition) is 3. The molecule has 0 bridgehead atoms. The van der Waals surface area contributed by atoms with E-state index >= 15 is 0 Å². The number of benzene rings is 1. The van der Waals surface area contributed by atoms with E-state index in [1.807, 2.05) is 43.3 Å². The summed E-state index contributed by atoms with van der Waals surface area (Å²) < 4.78 is 1.56. The molecule has 3 aromatic rings. The smallest absolute Gasteiger partial charge is 0.315 e. The molecule has 0 atom stereocenters. The highest BCUT2D eigenvalue weighted by Crippen LogP contribution is 2.14. The molecule has 3 amide bonds. The molecule has 0 spiro atoms. The summed E-state index contributed by atoms with van der Waals surface area (Å²) in [6.45, 7) is 3.07. The molecule has 3 N–H and O–H groups in total. The first-order chi connectivity index (χ1) is 13.1. The van der Waals surface area contributed by atoms with Crippen LogP contribution in [0.25, 0.3) is 0 Å². The Morgan fingerprint density at radius 2 is 1.96 bits per heavy atom. The lowest BCUT2D eigenvalue weighted by Crippen LogP contribution is -2.34. The molecule has 0 unspecified atom stereocenters. The Labute approximate surface area is 161 Å². The van der Waals surface area contributed by atoms with Gasteiger partial charge in [0.1, 0.15) is 6.54 Å². The van der Waals surface area contributed by atoms with Gasteiger partial charge in [0.15, 0.2) is 0 Å². The van der Waals surface area contributed by atoms with Crippen molar-refractivity contribution in [2.45, 2.75) is 26.6 Å². The minimum atomic E-state index is -0.228. The Bertz CT molecular complexity index is 904. The maximum atomic E-state index is 12.0. The molecule has 0 aliphatic rings. The second-order valence-electron chi connectivity index (χ2n) is 6.00.